The minimum atomic E-state index is -0.427. The molecule has 6 nitrogen and oxygen atoms in total. The third-order valence-corrected chi connectivity index (χ3v) is 4.79. The van der Waals surface area contributed by atoms with Crippen LogP contribution in [0.1, 0.15) is 40.9 Å². The van der Waals surface area contributed by atoms with Crippen molar-refractivity contribution in [3.63, 3.8) is 0 Å². The van der Waals surface area contributed by atoms with Gasteiger partial charge in [-0.15, -0.1) is 0 Å². The average molecular weight is 366 g/mol. The van der Waals surface area contributed by atoms with Crippen molar-refractivity contribution in [3.8, 4) is 0 Å². The minimum Gasteiger partial charge on any atom is -0.465 e. The Kier molecular flexibility index (Phi) is 5.54. The number of carbonyl (C=O) groups excluding carboxylic acids is 3. The summed E-state index contributed by atoms with van der Waals surface area (Å²) in [5, 5.41) is 2.83. The number of carbonyl (C=O) groups is 3. The van der Waals surface area contributed by atoms with E-state index < -0.39 is 5.97 Å². The fraction of sp³-hybridized carbons (Fsp3) is 0.286. The van der Waals surface area contributed by atoms with Gasteiger partial charge in [0.05, 0.1) is 25.1 Å². The lowest BCUT2D eigenvalue weighted by Crippen LogP contribution is -2.40. The van der Waals surface area contributed by atoms with Crippen LogP contribution in [0.5, 0.6) is 0 Å². The molecule has 1 atom stereocenters. The number of anilines is 1. The van der Waals surface area contributed by atoms with E-state index in [0.717, 1.165) is 12.0 Å². The molecule has 0 aliphatic carbocycles. The zero-order chi connectivity index (χ0) is 19.4. The Morgan fingerprint density at radius 3 is 2.48 bits per heavy atom. The lowest BCUT2D eigenvalue weighted by atomic mass is 9.90. The van der Waals surface area contributed by atoms with Gasteiger partial charge in [-0.3, -0.25) is 9.59 Å². The second-order valence-corrected chi connectivity index (χ2v) is 6.50. The van der Waals surface area contributed by atoms with E-state index in [1.807, 2.05) is 24.3 Å². The summed E-state index contributed by atoms with van der Waals surface area (Å²) in [4.78, 5) is 37.9. The number of methoxy groups -OCH3 is 1. The Morgan fingerprint density at radius 1 is 1.11 bits per heavy atom. The number of nitrogens with zero attached hydrogens (tertiary/aromatic N) is 1. The Morgan fingerprint density at radius 2 is 1.81 bits per heavy atom. The molecule has 0 spiro atoms. The van der Waals surface area contributed by atoms with Crippen molar-refractivity contribution in [2.24, 2.45) is 0 Å². The summed E-state index contributed by atoms with van der Waals surface area (Å²) in [7, 11) is 1.32. The monoisotopic (exact) mass is 366 g/mol. The van der Waals surface area contributed by atoms with E-state index >= 15 is 0 Å². The predicted octanol–water partition coefficient (Wildman–Crippen LogP) is 2.95. The van der Waals surface area contributed by atoms with Crippen LogP contribution in [-0.4, -0.2) is 36.3 Å². The van der Waals surface area contributed by atoms with Crippen molar-refractivity contribution in [1.29, 1.82) is 0 Å². The maximum absolute atomic E-state index is 12.6. The van der Waals surface area contributed by atoms with Crippen LogP contribution in [0.15, 0.2) is 48.5 Å². The summed E-state index contributed by atoms with van der Waals surface area (Å²) < 4.78 is 4.66. The Labute approximate surface area is 158 Å². The van der Waals surface area contributed by atoms with Crippen LogP contribution in [0.4, 0.5) is 5.69 Å². The Balaban J connectivity index is 1.74. The molecular formula is C21H22N2O4. The maximum atomic E-state index is 12.6. The molecule has 2 aromatic carbocycles. The molecule has 0 saturated carbocycles. The largest absolute Gasteiger partial charge is 0.465 e. The molecule has 0 radical (unpaired) electrons. The number of fused-ring (bicyclic) bond motifs is 1. The zero-order valence-electron chi connectivity index (χ0n) is 15.4. The summed E-state index contributed by atoms with van der Waals surface area (Å²) in [5.74, 6) is -0.651. The first-order valence-corrected chi connectivity index (χ1v) is 8.83. The number of hydrogen-bond donors (Lipinski definition) is 1. The van der Waals surface area contributed by atoms with Crippen molar-refractivity contribution in [2.75, 3.05) is 19.0 Å². The van der Waals surface area contributed by atoms with Gasteiger partial charge in [0.2, 0.25) is 11.8 Å². The molecule has 0 fully saturated rings. The van der Waals surface area contributed by atoms with Crippen molar-refractivity contribution in [1.82, 2.24) is 4.90 Å². The first-order valence-electron chi connectivity index (χ1n) is 8.83. The van der Waals surface area contributed by atoms with Gasteiger partial charge in [-0.2, -0.15) is 0 Å². The van der Waals surface area contributed by atoms with Gasteiger partial charge in [-0.05, 0) is 41.8 Å². The molecule has 1 aliphatic rings. The second kappa shape index (κ2) is 8.03. The van der Waals surface area contributed by atoms with Gasteiger partial charge in [0, 0.05) is 19.2 Å². The molecular weight excluding hydrogens is 344 g/mol. The number of amides is 2. The highest BCUT2D eigenvalue weighted by Crippen LogP contribution is 2.32. The average Bonchev–Trinajstić information content (AvgIpc) is 2.68. The van der Waals surface area contributed by atoms with Crippen molar-refractivity contribution in [3.05, 3.63) is 65.2 Å². The van der Waals surface area contributed by atoms with Gasteiger partial charge in [0.15, 0.2) is 0 Å². The van der Waals surface area contributed by atoms with Crippen molar-refractivity contribution < 1.29 is 19.1 Å². The fourth-order valence-electron chi connectivity index (χ4n) is 3.44. The fourth-order valence-corrected chi connectivity index (χ4v) is 3.44. The number of hydrogen-bond acceptors (Lipinski definition) is 4. The van der Waals surface area contributed by atoms with Gasteiger partial charge in [0.25, 0.3) is 0 Å². The zero-order valence-corrected chi connectivity index (χ0v) is 15.4. The summed E-state index contributed by atoms with van der Waals surface area (Å²) in [6.45, 7) is 2.14. The molecule has 2 amide bonds. The molecule has 0 saturated heterocycles. The molecule has 1 heterocycles. The third-order valence-electron chi connectivity index (χ3n) is 4.79. The smallest absolute Gasteiger partial charge is 0.337 e. The standard InChI is InChI=1S/C21H22N2O4/c1-14(24)23-12-11-15-5-3-4-6-18(15)19(23)13-20(25)22-17-9-7-16(8-10-17)21(26)27-2/h3-10,19H,11-13H2,1-2H3,(H,22,25). The summed E-state index contributed by atoms with van der Waals surface area (Å²) in [6, 6.07) is 14.2. The summed E-state index contributed by atoms with van der Waals surface area (Å²) >= 11 is 0. The van der Waals surface area contributed by atoms with Gasteiger partial charge >= 0.3 is 5.97 Å². The van der Waals surface area contributed by atoms with Crippen LogP contribution in [0.2, 0.25) is 0 Å². The Hall–Kier alpha value is -3.15. The van der Waals surface area contributed by atoms with Crippen LogP contribution in [-0.2, 0) is 20.7 Å². The SMILES string of the molecule is COC(=O)c1ccc(NC(=O)CC2c3ccccc3CCN2C(C)=O)cc1. The van der Waals surface area contributed by atoms with E-state index in [1.54, 1.807) is 29.2 Å². The molecule has 3 rings (SSSR count). The minimum absolute atomic E-state index is 0.0373. The highest BCUT2D eigenvalue weighted by molar-refractivity contribution is 5.93. The third kappa shape index (κ3) is 4.16. The van der Waals surface area contributed by atoms with Gasteiger partial charge < -0.3 is 15.0 Å². The van der Waals surface area contributed by atoms with E-state index in [-0.39, 0.29) is 24.3 Å². The van der Waals surface area contributed by atoms with Crippen LogP contribution >= 0.6 is 0 Å². The molecule has 1 unspecified atom stereocenters. The highest BCUT2D eigenvalue weighted by Gasteiger charge is 2.30. The maximum Gasteiger partial charge on any atom is 0.337 e. The number of benzene rings is 2. The van der Waals surface area contributed by atoms with Crippen molar-refractivity contribution >= 4 is 23.5 Å². The highest BCUT2D eigenvalue weighted by atomic mass is 16.5. The predicted molar refractivity (Wildman–Crippen MR) is 101 cm³/mol. The number of esters is 1. The molecule has 27 heavy (non-hydrogen) atoms. The molecule has 0 bridgehead atoms. The van der Waals surface area contributed by atoms with E-state index in [4.69, 9.17) is 0 Å². The number of nitrogens with one attached hydrogen (secondary N) is 1. The van der Waals surface area contributed by atoms with Crippen molar-refractivity contribution in [2.45, 2.75) is 25.8 Å². The van der Waals surface area contributed by atoms with Gasteiger partial charge in [-0.1, -0.05) is 24.3 Å². The van der Waals surface area contributed by atoms with Crippen LogP contribution in [0.3, 0.4) is 0 Å². The molecule has 140 valence electrons. The number of ether oxygens (including phenoxy) is 1. The second-order valence-electron chi connectivity index (χ2n) is 6.50. The summed E-state index contributed by atoms with van der Waals surface area (Å²) in [5.41, 5.74) is 3.20. The van der Waals surface area contributed by atoms with E-state index in [9.17, 15) is 14.4 Å². The lowest BCUT2D eigenvalue weighted by Gasteiger charge is -2.36. The Bertz CT molecular complexity index is 861. The molecule has 0 aromatic heterocycles. The van der Waals surface area contributed by atoms with Crippen LogP contribution in [0.25, 0.3) is 0 Å². The van der Waals surface area contributed by atoms with Crippen LogP contribution in [0, 0.1) is 0 Å². The van der Waals surface area contributed by atoms with E-state index in [1.165, 1.54) is 19.6 Å². The first-order chi connectivity index (χ1) is 13.0. The lowest BCUT2D eigenvalue weighted by molar-refractivity contribution is -0.132. The van der Waals surface area contributed by atoms with Crippen LogP contribution < -0.4 is 5.32 Å². The topological polar surface area (TPSA) is 75.7 Å². The van der Waals surface area contributed by atoms with E-state index in [0.29, 0.717) is 17.8 Å². The first kappa shape index (κ1) is 18.6. The molecule has 6 heteroatoms. The number of rotatable bonds is 4. The quantitative estimate of drug-likeness (QED) is 0.844. The molecule has 1 N–H and O–H groups in total. The normalized spacial score (nSPS) is 15.6. The van der Waals surface area contributed by atoms with E-state index in [2.05, 4.69) is 10.1 Å². The molecule has 2 aromatic rings. The van der Waals surface area contributed by atoms with Gasteiger partial charge in [-0.25, -0.2) is 4.79 Å². The molecule has 1 aliphatic heterocycles. The van der Waals surface area contributed by atoms with Gasteiger partial charge in [0.1, 0.15) is 0 Å². The summed E-state index contributed by atoms with van der Waals surface area (Å²) in [6.07, 6.45) is 0.970.